The van der Waals surface area contributed by atoms with Crippen LogP contribution in [0.2, 0.25) is 0 Å². The van der Waals surface area contributed by atoms with Gasteiger partial charge in [0.15, 0.2) is 0 Å². The van der Waals surface area contributed by atoms with Crippen molar-refractivity contribution < 1.29 is 9.90 Å². The maximum absolute atomic E-state index is 10.00. The summed E-state index contributed by atoms with van der Waals surface area (Å²) in [5.74, 6) is 3.42. The van der Waals surface area contributed by atoms with E-state index >= 15 is 0 Å². The van der Waals surface area contributed by atoms with Crippen molar-refractivity contribution >= 4 is 33.2 Å². The summed E-state index contributed by atoms with van der Waals surface area (Å²) in [5.41, 5.74) is 0.726. The maximum atomic E-state index is 10.00. The van der Waals surface area contributed by atoms with Gasteiger partial charge in [-0.3, -0.25) is 0 Å². The third kappa shape index (κ3) is 2.74. The van der Waals surface area contributed by atoms with E-state index in [-0.39, 0.29) is 0 Å². The number of thiophene rings is 1. The molecule has 0 bridgehead atoms. The molecule has 2 nitrogen and oxygen atoms in total. The Labute approximate surface area is 76.0 Å². The van der Waals surface area contributed by atoms with Gasteiger partial charge < -0.3 is 5.11 Å². The lowest BCUT2D eigenvalue weighted by molar-refractivity contribution is -0.130. The van der Waals surface area contributed by atoms with Gasteiger partial charge in [0.25, 0.3) is 0 Å². The van der Waals surface area contributed by atoms with Crippen molar-refractivity contribution in [3.05, 3.63) is 20.8 Å². The average molecular weight is 231 g/mol. The summed E-state index contributed by atoms with van der Waals surface area (Å²) in [6.45, 7) is 0. The van der Waals surface area contributed by atoms with Gasteiger partial charge in [0, 0.05) is 16.9 Å². The number of carboxylic acids is 1. The Bertz CT molecular complexity index is 332. The molecule has 1 heterocycles. The molecule has 0 radical (unpaired) electrons. The standard InChI is InChI=1S/C7H3BrO2S/c8-6-3-5(4-11-6)1-2-7(9)10/h3-4H,(H,9,10). The van der Waals surface area contributed by atoms with Crippen molar-refractivity contribution in [1.82, 2.24) is 0 Å². The third-order valence-corrected chi connectivity index (χ3v) is 2.39. The molecule has 0 spiro atoms. The van der Waals surface area contributed by atoms with Crippen molar-refractivity contribution in [2.75, 3.05) is 0 Å². The van der Waals surface area contributed by atoms with E-state index in [9.17, 15) is 4.79 Å². The average Bonchev–Trinajstić information content (AvgIpc) is 2.31. The molecule has 0 fully saturated rings. The molecule has 1 aromatic heterocycles. The van der Waals surface area contributed by atoms with Gasteiger partial charge >= 0.3 is 5.97 Å². The van der Waals surface area contributed by atoms with Crippen LogP contribution in [0.1, 0.15) is 5.56 Å². The molecule has 0 saturated carbocycles. The summed E-state index contributed by atoms with van der Waals surface area (Å²) >= 11 is 4.72. The molecule has 1 N–H and O–H groups in total. The van der Waals surface area contributed by atoms with Gasteiger partial charge in [0.1, 0.15) is 0 Å². The molecule has 1 rings (SSSR count). The molecule has 0 saturated heterocycles. The molecule has 0 aromatic carbocycles. The molecule has 1 aromatic rings. The summed E-state index contributed by atoms with van der Waals surface area (Å²) in [7, 11) is 0. The highest BCUT2D eigenvalue weighted by Crippen LogP contribution is 2.19. The summed E-state index contributed by atoms with van der Waals surface area (Å²) in [5, 5.41) is 9.99. The molecule has 4 heteroatoms. The van der Waals surface area contributed by atoms with E-state index in [2.05, 4.69) is 21.9 Å². The van der Waals surface area contributed by atoms with Gasteiger partial charge in [-0.15, -0.1) is 11.3 Å². The van der Waals surface area contributed by atoms with E-state index in [1.54, 1.807) is 11.4 Å². The smallest absolute Gasteiger partial charge is 0.382 e. The molecule has 56 valence electrons. The van der Waals surface area contributed by atoms with Crippen molar-refractivity contribution in [1.29, 1.82) is 0 Å². The van der Waals surface area contributed by atoms with E-state index < -0.39 is 5.97 Å². The number of rotatable bonds is 0. The zero-order valence-electron chi connectivity index (χ0n) is 5.30. The fourth-order valence-electron chi connectivity index (χ4n) is 0.501. The van der Waals surface area contributed by atoms with E-state index in [4.69, 9.17) is 5.11 Å². The largest absolute Gasteiger partial charge is 0.472 e. The molecule has 0 aliphatic carbocycles. The van der Waals surface area contributed by atoms with E-state index in [0.717, 1.165) is 9.35 Å². The van der Waals surface area contributed by atoms with Crippen LogP contribution in [-0.4, -0.2) is 11.1 Å². The molecule has 0 amide bonds. The SMILES string of the molecule is O=C(O)C#Cc1csc(Br)c1. The van der Waals surface area contributed by atoms with Gasteiger partial charge in [-0.1, -0.05) is 5.92 Å². The van der Waals surface area contributed by atoms with E-state index in [1.165, 1.54) is 11.3 Å². The maximum Gasteiger partial charge on any atom is 0.382 e. The number of carboxylic acid groups (broad SMARTS) is 1. The van der Waals surface area contributed by atoms with Crippen LogP contribution in [0.4, 0.5) is 0 Å². The number of halogens is 1. The Hall–Kier alpha value is -0.790. The molecule has 0 aliphatic rings. The first-order valence-electron chi connectivity index (χ1n) is 2.67. The fourth-order valence-corrected chi connectivity index (χ4v) is 1.59. The Morgan fingerprint density at radius 2 is 2.45 bits per heavy atom. The van der Waals surface area contributed by atoms with Crippen LogP contribution < -0.4 is 0 Å². The Morgan fingerprint density at radius 3 is 2.91 bits per heavy atom. The van der Waals surface area contributed by atoms with Crippen molar-refractivity contribution in [2.24, 2.45) is 0 Å². The minimum Gasteiger partial charge on any atom is -0.472 e. The minimum absolute atomic E-state index is 0.726. The zero-order valence-corrected chi connectivity index (χ0v) is 7.70. The van der Waals surface area contributed by atoms with Crippen LogP contribution in [0.5, 0.6) is 0 Å². The summed E-state index contributed by atoms with van der Waals surface area (Å²) in [6, 6.07) is 1.78. The molecular weight excluding hydrogens is 228 g/mol. The van der Waals surface area contributed by atoms with Gasteiger partial charge in [-0.2, -0.15) is 0 Å². The number of carbonyl (C=O) groups is 1. The third-order valence-electron chi connectivity index (χ3n) is 0.881. The van der Waals surface area contributed by atoms with Gasteiger partial charge in [0.2, 0.25) is 0 Å². The zero-order chi connectivity index (χ0) is 8.27. The lowest BCUT2D eigenvalue weighted by Gasteiger charge is -1.73. The van der Waals surface area contributed by atoms with Gasteiger partial charge in [0.05, 0.1) is 3.79 Å². The van der Waals surface area contributed by atoms with Gasteiger partial charge in [-0.05, 0) is 22.0 Å². The topological polar surface area (TPSA) is 37.3 Å². The predicted octanol–water partition coefficient (Wildman–Crippen LogP) is 1.95. The Kier molecular flexibility index (Phi) is 2.69. The predicted molar refractivity (Wildman–Crippen MR) is 46.5 cm³/mol. The molecular formula is C7H3BrO2S. The molecule has 0 aliphatic heterocycles. The van der Waals surface area contributed by atoms with Crippen LogP contribution in [0.3, 0.4) is 0 Å². The van der Waals surface area contributed by atoms with Crippen molar-refractivity contribution in [3.8, 4) is 11.8 Å². The van der Waals surface area contributed by atoms with Crippen LogP contribution in [0.15, 0.2) is 15.2 Å². The van der Waals surface area contributed by atoms with E-state index in [0.29, 0.717) is 0 Å². The second-order valence-electron chi connectivity index (χ2n) is 1.69. The number of hydrogen-bond acceptors (Lipinski definition) is 2. The first kappa shape index (κ1) is 8.31. The first-order valence-corrected chi connectivity index (χ1v) is 4.35. The minimum atomic E-state index is -1.10. The van der Waals surface area contributed by atoms with E-state index in [1.807, 2.05) is 5.92 Å². The number of hydrogen-bond donors (Lipinski definition) is 1. The normalized spacial score (nSPS) is 8.45. The van der Waals surface area contributed by atoms with Crippen molar-refractivity contribution in [3.63, 3.8) is 0 Å². The summed E-state index contributed by atoms with van der Waals surface area (Å²) in [4.78, 5) is 10.00. The van der Waals surface area contributed by atoms with Crippen LogP contribution in [-0.2, 0) is 4.79 Å². The first-order chi connectivity index (χ1) is 5.18. The van der Waals surface area contributed by atoms with Crippen molar-refractivity contribution in [2.45, 2.75) is 0 Å². The van der Waals surface area contributed by atoms with Gasteiger partial charge in [-0.25, -0.2) is 4.79 Å². The highest BCUT2D eigenvalue weighted by Gasteiger charge is 1.92. The Morgan fingerprint density at radius 1 is 1.73 bits per heavy atom. The molecule has 11 heavy (non-hydrogen) atoms. The molecule has 0 atom stereocenters. The summed E-state index contributed by atoms with van der Waals surface area (Å²) in [6.07, 6.45) is 0. The monoisotopic (exact) mass is 230 g/mol. The molecule has 0 unspecified atom stereocenters. The van der Waals surface area contributed by atoms with Crippen LogP contribution >= 0.6 is 27.3 Å². The fraction of sp³-hybridized carbons (Fsp3) is 0. The second-order valence-corrected chi connectivity index (χ2v) is 3.99. The second kappa shape index (κ2) is 3.56. The lowest BCUT2D eigenvalue weighted by atomic mass is 10.3. The summed E-state index contributed by atoms with van der Waals surface area (Å²) < 4.78 is 0.951. The Balaban J connectivity index is 2.82. The number of aliphatic carboxylic acids is 1. The highest BCUT2D eigenvalue weighted by atomic mass is 79.9. The van der Waals surface area contributed by atoms with Crippen LogP contribution in [0, 0.1) is 11.8 Å². The van der Waals surface area contributed by atoms with Crippen LogP contribution in [0.25, 0.3) is 0 Å². The quantitative estimate of drug-likeness (QED) is 0.693. The highest BCUT2D eigenvalue weighted by molar-refractivity contribution is 9.11. The lowest BCUT2D eigenvalue weighted by Crippen LogP contribution is -1.86.